The number of rotatable bonds is 4. The van der Waals surface area contributed by atoms with Crippen molar-refractivity contribution in [2.75, 3.05) is 26.2 Å². The number of carbonyl (C=O) groups is 2. The van der Waals surface area contributed by atoms with E-state index < -0.39 is 0 Å². The Labute approximate surface area is 228 Å². The summed E-state index contributed by atoms with van der Waals surface area (Å²) in [6, 6.07) is 22.2. The van der Waals surface area contributed by atoms with Gasteiger partial charge in [-0.3, -0.25) is 9.59 Å². The minimum absolute atomic E-state index is 0.0345. The Kier molecular flexibility index (Phi) is 9.48. The Morgan fingerprint density at radius 2 is 1.57 bits per heavy atom. The Hall–Kier alpha value is -3.02. The van der Waals surface area contributed by atoms with E-state index in [0.29, 0.717) is 53.0 Å². The van der Waals surface area contributed by atoms with Gasteiger partial charge in [0.1, 0.15) is 12.4 Å². The average Bonchev–Trinajstić information content (AvgIpc) is 2.92. The molecule has 0 spiro atoms. The van der Waals surface area contributed by atoms with Crippen molar-refractivity contribution in [3.63, 3.8) is 0 Å². The highest BCUT2D eigenvalue weighted by atomic mass is 35.5. The van der Waals surface area contributed by atoms with Gasteiger partial charge in [-0.2, -0.15) is 0 Å². The molecule has 1 aliphatic heterocycles. The van der Waals surface area contributed by atoms with Crippen LogP contribution in [0.5, 0.6) is 5.75 Å². The number of benzene rings is 3. The molecule has 0 N–H and O–H groups in total. The van der Waals surface area contributed by atoms with Crippen molar-refractivity contribution in [1.82, 2.24) is 9.80 Å². The molecule has 3 aromatic rings. The lowest BCUT2D eigenvalue weighted by molar-refractivity contribution is 0.0605. The Morgan fingerprint density at radius 1 is 0.892 bits per heavy atom. The van der Waals surface area contributed by atoms with Gasteiger partial charge in [0.05, 0.1) is 27.2 Å². The molecule has 194 valence electrons. The smallest absolute Gasteiger partial charge is 0.257 e. The van der Waals surface area contributed by atoms with Crippen LogP contribution in [0.1, 0.15) is 52.5 Å². The van der Waals surface area contributed by atoms with Crippen molar-refractivity contribution >= 4 is 35.0 Å². The summed E-state index contributed by atoms with van der Waals surface area (Å²) in [5, 5.41) is 0.656. The summed E-state index contributed by atoms with van der Waals surface area (Å²) in [5.74, 6) is 0.272. The number of amides is 2. The normalized spacial score (nSPS) is 17.2. The highest BCUT2D eigenvalue weighted by molar-refractivity contribution is 6.39. The van der Waals surface area contributed by atoms with E-state index in [1.807, 2.05) is 65.3 Å². The number of para-hydroxylation sites is 1. The monoisotopic (exact) mass is 538 g/mol. The second-order valence-corrected chi connectivity index (χ2v) is 10.0. The molecule has 3 aromatic carbocycles. The number of hydrogen-bond acceptors (Lipinski definition) is 3. The van der Waals surface area contributed by atoms with Crippen LogP contribution in [0.4, 0.5) is 0 Å². The summed E-state index contributed by atoms with van der Waals surface area (Å²) in [7, 11) is 0. The first-order chi connectivity index (χ1) is 18.0. The molecule has 5 nitrogen and oxygen atoms in total. The fraction of sp³-hybridized carbons (Fsp3) is 0.333. The zero-order valence-electron chi connectivity index (χ0n) is 21.0. The standard InChI is InChI=1S/C30H32Cl2N2O3/c1-2-33-18-9-4-10-19-34(30(36)28-25(31)15-11-16-26(28)32)23(20-22-12-5-3-6-13-22)21-37-27-17-8-7-14-24(27)29(33)35/h3,5-8,11-17,23H,2,4,9-10,18-21H2,1H3/t23-/m1/s1. The van der Waals surface area contributed by atoms with Gasteiger partial charge in [-0.1, -0.05) is 71.7 Å². The number of fused-ring (bicyclic) bond motifs is 1. The topological polar surface area (TPSA) is 49.9 Å². The van der Waals surface area contributed by atoms with E-state index in [2.05, 4.69) is 0 Å². The predicted octanol–water partition coefficient (Wildman–Crippen LogP) is 6.77. The van der Waals surface area contributed by atoms with Crippen LogP contribution in [-0.2, 0) is 6.42 Å². The lowest BCUT2D eigenvalue weighted by Gasteiger charge is -2.33. The van der Waals surface area contributed by atoms with Crippen LogP contribution >= 0.6 is 23.2 Å². The van der Waals surface area contributed by atoms with E-state index in [0.717, 1.165) is 24.8 Å². The molecule has 0 saturated heterocycles. The lowest BCUT2D eigenvalue weighted by atomic mass is 10.0. The molecule has 0 saturated carbocycles. The average molecular weight is 540 g/mol. The van der Waals surface area contributed by atoms with Crippen molar-refractivity contribution in [2.45, 2.75) is 38.6 Å². The first-order valence-electron chi connectivity index (χ1n) is 12.8. The van der Waals surface area contributed by atoms with E-state index in [-0.39, 0.29) is 24.5 Å². The molecule has 1 heterocycles. The first kappa shape index (κ1) is 27.0. The summed E-state index contributed by atoms with van der Waals surface area (Å²) < 4.78 is 6.32. The van der Waals surface area contributed by atoms with Gasteiger partial charge in [-0.05, 0) is 62.4 Å². The number of ether oxygens (including phenoxy) is 1. The van der Waals surface area contributed by atoms with E-state index in [4.69, 9.17) is 27.9 Å². The third-order valence-electron chi connectivity index (χ3n) is 6.74. The maximum absolute atomic E-state index is 14.0. The Balaban J connectivity index is 1.73. The third kappa shape index (κ3) is 6.65. The van der Waals surface area contributed by atoms with Crippen LogP contribution < -0.4 is 4.74 Å². The van der Waals surface area contributed by atoms with Crippen molar-refractivity contribution < 1.29 is 14.3 Å². The quantitative estimate of drug-likeness (QED) is 0.368. The molecule has 0 aliphatic carbocycles. The van der Waals surface area contributed by atoms with Gasteiger partial charge in [-0.15, -0.1) is 0 Å². The van der Waals surface area contributed by atoms with Crippen LogP contribution in [0.3, 0.4) is 0 Å². The lowest BCUT2D eigenvalue weighted by Crippen LogP contribution is -2.46. The number of carbonyl (C=O) groups excluding carboxylic acids is 2. The van der Waals surface area contributed by atoms with Gasteiger partial charge in [0.15, 0.2) is 0 Å². The van der Waals surface area contributed by atoms with Gasteiger partial charge in [0, 0.05) is 19.6 Å². The van der Waals surface area contributed by atoms with Crippen molar-refractivity contribution in [3.8, 4) is 5.75 Å². The highest BCUT2D eigenvalue weighted by Gasteiger charge is 2.29. The summed E-state index contributed by atoms with van der Waals surface area (Å²) in [6.45, 7) is 4.02. The molecular weight excluding hydrogens is 507 g/mol. The molecule has 0 fully saturated rings. The number of hydrogen-bond donors (Lipinski definition) is 0. The molecule has 4 rings (SSSR count). The molecule has 0 aromatic heterocycles. The van der Waals surface area contributed by atoms with Gasteiger partial charge >= 0.3 is 0 Å². The van der Waals surface area contributed by atoms with E-state index in [1.165, 1.54) is 0 Å². The van der Waals surface area contributed by atoms with Gasteiger partial charge in [-0.25, -0.2) is 0 Å². The molecular formula is C30H32Cl2N2O3. The van der Waals surface area contributed by atoms with E-state index in [1.54, 1.807) is 24.3 Å². The van der Waals surface area contributed by atoms with Crippen LogP contribution in [-0.4, -0.2) is 53.9 Å². The second-order valence-electron chi connectivity index (χ2n) is 9.19. The SMILES string of the molecule is CCN1CCCCCN(C(=O)c2c(Cl)cccc2Cl)[C@H](Cc2ccccc2)COc2ccccc2C1=O. The van der Waals surface area contributed by atoms with Crippen LogP contribution in [0.15, 0.2) is 72.8 Å². The number of halogens is 2. The fourth-order valence-electron chi connectivity index (χ4n) is 4.73. The molecule has 1 atom stereocenters. The minimum Gasteiger partial charge on any atom is -0.491 e. The van der Waals surface area contributed by atoms with Crippen LogP contribution in [0, 0.1) is 0 Å². The van der Waals surface area contributed by atoms with Crippen molar-refractivity contribution in [2.24, 2.45) is 0 Å². The zero-order chi connectivity index (χ0) is 26.2. The Morgan fingerprint density at radius 3 is 2.30 bits per heavy atom. The molecule has 37 heavy (non-hydrogen) atoms. The van der Waals surface area contributed by atoms with Gasteiger partial charge in [0.2, 0.25) is 0 Å². The van der Waals surface area contributed by atoms with E-state index >= 15 is 0 Å². The van der Waals surface area contributed by atoms with E-state index in [9.17, 15) is 9.59 Å². The minimum atomic E-state index is -0.298. The largest absolute Gasteiger partial charge is 0.491 e. The summed E-state index contributed by atoms with van der Waals surface area (Å²) in [5.41, 5.74) is 1.93. The highest BCUT2D eigenvalue weighted by Crippen LogP contribution is 2.28. The molecule has 1 aliphatic rings. The fourth-order valence-corrected chi connectivity index (χ4v) is 5.29. The number of nitrogens with zero attached hydrogens (tertiary/aromatic N) is 2. The van der Waals surface area contributed by atoms with Crippen molar-refractivity contribution in [1.29, 1.82) is 0 Å². The van der Waals surface area contributed by atoms with Gasteiger partial charge < -0.3 is 14.5 Å². The summed E-state index contributed by atoms with van der Waals surface area (Å²) in [4.78, 5) is 31.0. The molecule has 0 bridgehead atoms. The molecule has 7 heteroatoms. The summed E-state index contributed by atoms with van der Waals surface area (Å²) in [6.07, 6.45) is 3.11. The second kappa shape index (κ2) is 13.0. The molecule has 2 amide bonds. The summed E-state index contributed by atoms with van der Waals surface area (Å²) >= 11 is 12.9. The molecule has 0 unspecified atom stereocenters. The van der Waals surface area contributed by atoms with Crippen LogP contribution in [0.25, 0.3) is 0 Å². The maximum Gasteiger partial charge on any atom is 0.257 e. The maximum atomic E-state index is 14.0. The zero-order valence-corrected chi connectivity index (χ0v) is 22.5. The molecule has 0 radical (unpaired) electrons. The first-order valence-corrected chi connectivity index (χ1v) is 13.5. The van der Waals surface area contributed by atoms with Gasteiger partial charge in [0.25, 0.3) is 11.8 Å². The Bertz CT molecular complexity index is 1200. The third-order valence-corrected chi connectivity index (χ3v) is 7.37. The van der Waals surface area contributed by atoms with Crippen LogP contribution in [0.2, 0.25) is 10.0 Å². The van der Waals surface area contributed by atoms with Crippen molar-refractivity contribution in [3.05, 3.63) is 99.5 Å². The predicted molar refractivity (Wildman–Crippen MR) is 149 cm³/mol.